The van der Waals surface area contributed by atoms with E-state index in [4.69, 9.17) is 0 Å². The molecule has 0 atom stereocenters. The molecule has 0 saturated carbocycles. The summed E-state index contributed by atoms with van der Waals surface area (Å²) in [5, 5.41) is 12.6. The molecule has 2 rings (SSSR count). The minimum absolute atomic E-state index is 0. The summed E-state index contributed by atoms with van der Waals surface area (Å²) >= 11 is 1.72. The molecule has 8 heteroatoms. The summed E-state index contributed by atoms with van der Waals surface area (Å²) in [5.41, 5.74) is 2.91. The van der Waals surface area contributed by atoms with Crippen molar-refractivity contribution >= 4 is 47.2 Å². The van der Waals surface area contributed by atoms with E-state index in [2.05, 4.69) is 52.1 Å². The molecule has 160 valence electrons. The molecule has 0 saturated heterocycles. The van der Waals surface area contributed by atoms with Gasteiger partial charge in [0.25, 0.3) is 5.91 Å². The first-order valence-corrected chi connectivity index (χ1v) is 10.7. The Morgan fingerprint density at radius 3 is 2.69 bits per heavy atom. The van der Waals surface area contributed by atoms with E-state index in [0.29, 0.717) is 18.0 Å². The maximum Gasteiger partial charge on any atom is 0.251 e. The number of rotatable bonds is 9. The van der Waals surface area contributed by atoms with E-state index in [9.17, 15) is 4.79 Å². The van der Waals surface area contributed by atoms with Crippen molar-refractivity contribution < 1.29 is 4.79 Å². The quantitative estimate of drug-likeness (QED) is 0.264. The summed E-state index contributed by atoms with van der Waals surface area (Å²) in [7, 11) is 1.64. The molecule has 0 radical (unpaired) electrons. The molecule has 0 spiro atoms. The number of nitrogens with zero attached hydrogens (tertiary/aromatic N) is 2. The zero-order valence-corrected chi connectivity index (χ0v) is 20.8. The van der Waals surface area contributed by atoms with Crippen LogP contribution in [0.1, 0.15) is 53.3 Å². The normalized spacial score (nSPS) is 11.1. The number of halogens is 1. The summed E-state index contributed by atoms with van der Waals surface area (Å²) in [6.45, 7) is 8.64. The summed E-state index contributed by atoms with van der Waals surface area (Å²) in [6, 6.07) is 7.70. The first-order valence-electron chi connectivity index (χ1n) is 9.81. The second kappa shape index (κ2) is 13.5. The smallest absolute Gasteiger partial charge is 0.251 e. The number of hydrogen-bond donors (Lipinski definition) is 3. The molecule has 1 amide bonds. The summed E-state index contributed by atoms with van der Waals surface area (Å²) in [4.78, 5) is 21.1. The van der Waals surface area contributed by atoms with Gasteiger partial charge >= 0.3 is 0 Å². The van der Waals surface area contributed by atoms with Crippen molar-refractivity contribution in [2.75, 3.05) is 26.7 Å². The topological polar surface area (TPSA) is 78.4 Å². The van der Waals surface area contributed by atoms with Crippen LogP contribution in [-0.2, 0) is 12.8 Å². The molecular weight excluding hydrogens is 497 g/mol. The van der Waals surface area contributed by atoms with Crippen molar-refractivity contribution in [1.29, 1.82) is 0 Å². The number of guanidine groups is 1. The van der Waals surface area contributed by atoms with Crippen LogP contribution in [0.4, 0.5) is 0 Å². The molecule has 0 aliphatic heterocycles. The Kier molecular flexibility index (Phi) is 11.8. The van der Waals surface area contributed by atoms with Gasteiger partial charge in [0.15, 0.2) is 5.96 Å². The number of carbonyl (C=O) groups excluding carboxylic acids is 1. The third-order valence-corrected chi connectivity index (χ3v) is 5.36. The lowest BCUT2D eigenvalue weighted by atomic mass is 10.1. The molecule has 2 aromatic rings. The maximum atomic E-state index is 11.7. The van der Waals surface area contributed by atoms with E-state index < -0.39 is 0 Å². The largest absolute Gasteiger partial charge is 0.357 e. The molecule has 1 aromatic heterocycles. The monoisotopic (exact) mass is 529 g/mol. The van der Waals surface area contributed by atoms with Gasteiger partial charge in [-0.2, -0.15) is 0 Å². The predicted molar refractivity (Wildman–Crippen MR) is 133 cm³/mol. The highest BCUT2D eigenvalue weighted by Gasteiger charge is 2.06. The molecule has 1 aromatic carbocycles. The van der Waals surface area contributed by atoms with Crippen LogP contribution in [0.25, 0.3) is 0 Å². The van der Waals surface area contributed by atoms with Gasteiger partial charge in [-0.3, -0.25) is 9.79 Å². The zero-order chi connectivity index (χ0) is 20.4. The molecular formula is C21H32IN5OS. The summed E-state index contributed by atoms with van der Waals surface area (Å²) < 4.78 is 0. The molecule has 0 aliphatic carbocycles. The predicted octanol–water partition coefficient (Wildman–Crippen LogP) is 3.58. The number of amides is 1. The Hall–Kier alpha value is -1.68. The molecule has 29 heavy (non-hydrogen) atoms. The standard InChI is InChI=1S/C21H31N5OS.HI/c1-5-23-21(25-12-10-18-14-28-20(26-18)15(2)3)24-11-9-16-7-6-8-17(13-16)19(27)22-4;/h6-8,13-15H,5,9-12H2,1-4H3,(H,22,27)(H2,23,24,25);1H. The highest BCUT2D eigenvalue weighted by atomic mass is 127. The van der Waals surface area contributed by atoms with Crippen molar-refractivity contribution in [3.63, 3.8) is 0 Å². The van der Waals surface area contributed by atoms with Gasteiger partial charge < -0.3 is 16.0 Å². The van der Waals surface area contributed by atoms with Gasteiger partial charge in [-0.1, -0.05) is 26.0 Å². The van der Waals surface area contributed by atoms with Crippen LogP contribution in [-0.4, -0.2) is 43.5 Å². The van der Waals surface area contributed by atoms with E-state index in [-0.39, 0.29) is 29.9 Å². The molecule has 0 unspecified atom stereocenters. The number of aliphatic imine (C=N–C) groups is 1. The second-order valence-electron chi connectivity index (χ2n) is 6.80. The van der Waals surface area contributed by atoms with Gasteiger partial charge in [0.1, 0.15) is 0 Å². The number of carbonyl (C=O) groups is 1. The van der Waals surface area contributed by atoms with Crippen LogP contribution in [0.2, 0.25) is 0 Å². The molecule has 0 bridgehead atoms. The van der Waals surface area contributed by atoms with Crippen LogP contribution < -0.4 is 16.0 Å². The Morgan fingerprint density at radius 1 is 1.24 bits per heavy atom. The highest BCUT2D eigenvalue weighted by molar-refractivity contribution is 14.0. The average Bonchev–Trinajstić information content (AvgIpc) is 3.17. The minimum atomic E-state index is -0.0626. The fourth-order valence-corrected chi connectivity index (χ4v) is 3.53. The maximum absolute atomic E-state index is 11.7. The Morgan fingerprint density at radius 2 is 2.03 bits per heavy atom. The third-order valence-electron chi connectivity index (χ3n) is 4.17. The van der Waals surface area contributed by atoms with E-state index in [1.54, 1.807) is 18.4 Å². The first kappa shape index (κ1) is 25.4. The second-order valence-corrected chi connectivity index (χ2v) is 7.69. The van der Waals surface area contributed by atoms with Gasteiger partial charge in [-0.25, -0.2) is 4.98 Å². The first-order chi connectivity index (χ1) is 13.5. The lowest BCUT2D eigenvalue weighted by Crippen LogP contribution is -2.38. The van der Waals surface area contributed by atoms with E-state index in [0.717, 1.165) is 43.1 Å². The lowest BCUT2D eigenvalue weighted by molar-refractivity contribution is 0.0963. The number of thiazole rings is 1. The zero-order valence-electron chi connectivity index (χ0n) is 17.6. The Bertz CT molecular complexity index is 791. The van der Waals surface area contributed by atoms with Gasteiger partial charge in [-0.05, 0) is 31.0 Å². The van der Waals surface area contributed by atoms with Gasteiger partial charge in [0.2, 0.25) is 0 Å². The van der Waals surface area contributed by atoms with Crippen molar-refractivity contribution in [1.82, 2.24) is 20.9 Å². The van der Waals surface area contributed by atoms with Crippen molar-refractivity contribution in [2.45, 2.75) is 39.5 Å². The number of aromatic nitrogens is 1. The highest BCUT2D eigenvalue weighted by Crippen LogP contribution is 2.19. The number of nitrogens with one attached hydrogen (secondary N) is 3. The fourth-order valence-electron chi connectivity index (χ4n) is 2.66. The molecule has 6 nitrogen and oxygen atoms in total. The van der Waals surface area contributed by atoms with Crippen molar-refractivity contribution in [3.8, 4) is 0 Å². The SMILES string of the molecule is CCNC(=NCCc1csc(C(C)C)n1)NCCc1cccc(C(=O)NC)c1.I. The van der Waals surface area contributed by atoms with Gasteiger partial charge in [0.05, 0.1) is 10.7 Å². The number of benzene rings is 1. The van der Waals surface area contributed by atoms with Crippen molar-refractivity contribution in [2.24, 2.45) is 4.99 Å². The van der Waals surface area contributed by atoms with Crippen LogP contribution in [0.15, 0.2) is 34.6 Å². The van der Waals surface area contributed by atoms with E-state index in [1.807, 2.05) is 24.3 Å². The Balaban J connectivity index is 0.00000420. The van der Waals surface area contributed by atoms with Gasteiger partial charge in [-0.15, -0.1) is 35.3 Å². The molecule has 0 aliphatic rings. The lowest BCUT2D eigenvalue weighted by Gasteiger charge is -2.11. The number of hydrogen-bond acceptors (Lipinski definition) is 4. The third kappa shape index (κ3) is 8.69. The van der Waals surface area contributed by atoms with Gasteiger partial charge in [0, 0.05) is 50.0 Å². The summed E-state index contributed by atoms with van der Waals surface area (Å²) in [5.74, 6) is 1.22. The van der Waals surface area contributed by atoms with Crippen LogP contribution in [0.5, 0.6) is 0 Å². The minimum Gasteiger partial charge on any atom is -0.357 e. The Labute approximate surface area is 195 Å². The average molecular weight is 529 g/mol. The van der Waals surface area contributed by atoms with Crippen molar-refractivity contribution in [3.05, 3.63) is 51.5 Å². The molecule has 1 heterocycles. The summed E-state index contributed by atoms with van der Waals surface area (Å²) in [6.07, 6.45) is 1.66. The van der Waals surface area contributed by atoms with Crippen LogP contribution >= 0.6 is 35.3 Å². The van der Waals surface area contributed by atoms with Crippen LogP contribution in [0.3, 0.4) is 0 Å². The molecule has 0 fully saturated rings. The molecule has 3 N–H and O–H groups in total. The van der Waals surface area contributed by atoms with E-state index >= 15 is 0 Å². The fraction of sp³-hybridized carbons (Fsp3) is 0.476. The van der Waals surface area contributed by atoms with Crippen LogP contribution in [0, 0.1) is 0 Å². The van der Waals surface area contributed by atoms with E-state index in [1.165, 1.54) is 5.01 Å².